The molecule has 18 heavy (non-hydrogen) atoms. The third kappa shape index (κ3) is 3.47. The minimum Gasteiger partial charge on any atom is -0.465 e. The Balaban J connectivity index is 2.85. The molecule has 0 aliphatic rings. The molecule has 1 atom stereocenters. The van der Waals surface area contributed by atoms with Crippen LogP contribution in [0.15, 0.2) is 24.3 Å². The topological polar surface area (TPSA) is 66.4 Å². The van der Waals surface area contributed by atoms with Gasteiger partial charge in [0.15, 0.2) is 5.78 Å². The lowest BCUT2D eigenvalue weighted by Gasteiger charge is -2.11. The number of nitrogens with one attached hydrogen (secondary N) is 1. The molecule has 0 spiro atoms. The van der Waals surface area contributed by atoms with E-state index in [9.17, 15) is 22.8 Å². The Bertz CT molecular complexity index is 454. The zero-order valence-electron chi connectivity index (χ0n) is 9.28. The minimum absolute atomic E-state index is 0.0178. The van der Waals surface area contributed by atoms with Gasteiger partial charge in [-0.05, 0) is 19.1 Å². The lowest BCUT2D eigenvalue weighted by atomic mass is 10.0. The first-order valence-corrected chi connectivity index (χ1v) is 4.92. The number of halogens is 3. The third-order valence-corrected chi connectivity index (χ3v) is 2.23. The molecule has 4 nitrogen and oxygen atoms in total. The van der Waals surface area contributed by atoms with Crippen molar-refractivity contribution in [2.45, 2.75) is 19.1 Å². The average molecular weight is 261 g/mol. The van der Waals surface area contributed by atoms with Crippen molar-refractivity contribution in [2.75, 3.05) is 0 Å². The van der Waals surface area contributed by atoms with Gasteiger partial charge in [-0.1, -0.05) is 12.1 Å². The maximum absolute atomic E-state index is 12.3. The molecule has 0 saturated carbocycles. The molecule has 0 aliphatic heterocycles. The Hall–Kier alpha value is -2.05. The second-order valence-electron chi connectivity index (χ2n) is 3.61. The molecule has 0 fully saturated rings. The smallest absolute Gasteiger partial charge is 0.416 e. The van der Waals surface area contributed by atoms with E-state index < -0.39 is 29.7 Å². The summed E-state index contributed by atoms with van der Waals surface area (Å²) in [5.41, 5.74) is -0.845. The van der Waals surface area contributed by atoms with Gasteiger partial charge in [-0.25, -0.2) is 4.79 Å². The second-order valence-corrected chi connectivity index (χ2v) is 3.61. The number of Topliss-reactive ketones (excluding diaryl/α,β-unsaturated/α-hetero) is 1. The van der Waals surface area contributed by atoms with Gasteiger partial charge in [0.05, 0.1) is 11.6 Å². The maximum atomic E-state index is 12.3. The molecule has 0 heterocycles. The van der Waals surface area contributed by atoms with Crippen LogP contribution in [0.25, 0.3) is 0 Å². The molecule has 1 amide bonds. The predicted octanol–water partition coefficient (Wildman–Crippen LogP) is 2.54. The number of alkyl halides is 3. The summed E-state index contributed by atoms with van der Waals surface area (Å²) in [5, 5.41) is 10.3. The number of rotatable bonds is 3. The van der Waals surface area contributed by atoms with Crippen molar-refractivity contribution in [3.05, 3.63) is 35.4 Å². The highest BCUT2D eigenvalue weighted by Gasteiger charge is 2.30. The Morgan fingerprint density at radius 3 is 2.11 bits per heavy atom. The second kappa shape index (κ2) is 5.07. The summed E-state index contributed by atoms with van der Waals surface area (Å²) in [6.45, 7) is 1.31. The van der Waals surface area contributed by atoms with Gasteiger partial charge < -0.3 is 10.4 Å². The fourth-order valence-electron chi connectivity index (χ4n) is 1.32. The van der Waals surface area contributed by atoms with Gasteiger partial charge >= 0.3 is 12.3 Å². The molecule has 0 saturated heterocycles. The molecule has 0 radical (unpaired) electrons. The number of carbonyl (C=O) groups is 2. The first-order chi connectivity index (χ1) is 8.21. The molecule has 0 bridgehead atoms. The van der Waals surface area contributed by atoms with E-state index in [1.807, 2.05) is 5.32 Å². The lowest BCUT2D eigenvalue weighted by molar-refractivity contribution is -0.137. The molecular weight excluding hydrogens is 251 g/mol. The summed E-state index contributed by atoms with van der Waals surface area (Å²) in [6.07, 6.45) is -5.84. The van der Waals surface area contributed by atoms with Crippen molar-refractivity contribution < 1.29 is 27.9 Å². The molecule has 0 aromatic heterocycles. The van der Waals surface area contributed by atoms with Crippen molar-refractivity contribution in [1.29, 1.82) is 0 Å². The number of carboxylic acid groups (broad SMARTS) is 1. The average Bonchev–Trinajstić information content (AvgIpc) is 2.26. The minimum atomic E-state index is -4.47. The Morgan fingerprint density at radius 1 is 1.22 bits per heavy atom. The number of amides is 1. The molecule has 98 valence electrons. The molecule has 1 rings (SSSR count). The molecule has 7 heteroatoms. The van der Waals surface area contributed by atoms with E-state index in [0.29, 0.717) is 0 Å². The first-order valence-electron chi connectivity index (χ1n) is 4.92. The van der Waals surface area contributed by atoms with Gasteiger partial charge in [-0.3, -0.25) is 4.79 Å². The van der Waals surface area contributed by atoms with E-state index in [1.165, 1.54) is 6.92 Å². The molecule has 0 unspecified atom stereocenters. The van der Waals surface area contributed by atoms with Gasteiger partial charge in [-0.15, -0.1) is 0 Å². The van der Waals surface area contributed by atoms with Crippen LogP contribution >= 0.6 is 0 Å². The number of ketones is 1. The lowest BCUT2D eigenvalue weighted by Crippen LogP contribution is -2.37. The van der Waals surface area contributed by atoms with Crippen molar-refractivity contribution in [3.63, 3.8) is 0 Å². The molecule has 2 N–H and O–H groups in total. The standard InChI is InChI=1S/C11H10F3NO3/c1-6(15-10(17)18)9(16)7-2-4-8(5-3-7)11(12,13)14/h2-6,15H,1H3,(H,17,18)/t6-/m0/s1. The van der Waals surface area contributed by atoms with Crippen LogP contribution in [-0.2, 0) is 6.18 Å². The fraction of sp³-hybridized carbons (Fsp3) is 0.273. The van der Waals surface area contributed by atoms with E-state index in [-0.39, 0.29) is 5.56 Å². The number of hydrogen-bond donors (Lipinski definition) is 2. The predicted molar refractivity (Wildman–Crippen MR) is 56.4 cm³/mol. The van der Waals surface area contributed by atoms with Crippen LogP contribution in [0.4, 0.5) is 18.0 Å². The van der Waals surface area contributed by atoms with E-state index in [4.69, 9.17) is 5.11 Å². The summed E-state index contributed by atoms with van der Waals surface area (Å²) in [5.74, 6) is -0.592. The van der Waals surface area contributed by atoms with E-state index in [2.05, 4.69) is 0 Å². The van der Waals surface area contributed by atoms with E-state index in [0.717, 1.165) is 24.3 Å². The third-order valence-electron chi connectivity index (χ3n) is 2.23. The summed E-state index contributed by atoms with van der Waals surface area (Å²) in [4.78, 5) is 22.0. The Morgan fingerprint density at radius 2 is 1.72 bits per heavy atom. The maximum Gasteiger partial charge on any atom is 0.416 e. The van der Waals surface area contributed by atoms with Crippen molar-refractivity contribution in [3.8, 4) is 0 Å². The highest BCUT2D eigenvalue weighted by atomic mass is 19.4. The van der Waals surface area contributed by atoms with Crippen LogP contribution < -0.4 is 5.32 Å². The van der Waals surface area contributed by atoms with Crippen LogP contribution in [0.2, 0.25) is 0 Å². The zero-order chi connectivity index (χ0) is 13.9. The van der Waals surface area contributed by atoms with Gasteiger partial charge in [-0.2, -0.15) is 13.2 Å². The monoisotopic (exact) mass is 261 g/mol. The van der Waals surface area contributed by atoms with Gasteiger partial charge in [0.2, 0.25) is 0 Å². The van der Waals surface area contributed by atoms with Gasteiger partial charge in [0, 0.05) is 5.56 Å². The molecule has 0 aliphatic carbocycles. The van der Waals surface area contributed by atoms with Crippen LogP contribution in [-0.4, -0.2) is 23.0 Å². The quantitative estimate of drug-likeness (QED) is 0.822. The summed E-state index contributed by atoms with van der Waals surface area (Å²) in [6, 6.07) is 2.58. The Kier molecular flexibility index (Phi) is 3.95. The number of carbonyl (C=O) groups excluding carboxylic acids is 1. The molecule has 1 aromatic carbocycles. The summed E-state index contributed by atoms with van der Waals surface area (Å²) >= 11 is 0. The number of hydrogen-bond acceptors (Lipinski definition) is 2. The first kappa shape index (κ1) is 14.0. The van der Waals surface area contributed by atoms with Crippen molar-refractivity contribution in [2.24, 2.45) is 0 Å². The van der Waals surface area contributed by atoms with Crippen LogP contribution in [0.5, 0.6) is 0 Å². The molecular formula is C11H10F3NO3. The van der Waals surface area contributed by atoms with Crippen molar-refractivity contribution >= 4 is 11.9 Å². The van der Waals surface area contributed by atoms with Crippen LogP contribution in [0.3, 0.4) is 0 Å². The summed E-state index contributed by atoms with van der Waals surface area (Å²) < 4.78 is 36.8. The number of benzene rings is 1. The SMILES string of the molecule is C[C@H](NC(=O)O)C(=O)c1ccc(C(F)(F)F)cc1. The van der Waals surface area contributed by atoms with Crippen molar-refractivity contribution in [1.82, 2.24) is 5.32 Å². The van der Waals surface area contributed by atoms with E-state index in [1.54, 1.807) is 0 Å². The normalized spacial score (nSPS) is 12.9. The van der Waals surface area contributed by atoms with Gasteiger partial charge in [0.25, 0.3) is 0 Å². The molecule has 1 aromatic rings. The summed E-state index contributed by atoms with van der Waals surface area (Å²) in [7, 11) is 0. The Labute approximate surface area is 100 Å². The highest BCUT2D eigenvalue weighted by molar-refractivity contribution is 6.01. The largest absolute Gasteiger partial charge is 0.465 e. The van der Waals surface area contributed by atoms with Crippen LogP contribution in [0.1, 0.15) is 22.8 Å². The highest BCUT2D eigenvalue weighted by Crippen LogP contribution is 2.29. The fourth-order valence-corrected chi connectivity index (χ4v) is 1.32. The van der Waals surface area contributed by atoms with Gasteiger partial charge in [0.1, 0.15) is 0 Å². The van der Waals surface area contributed by atoms with Crippen LogP contribution in [0, 0.1) is 0 Å². The van der Waals surface area contributed by atoms with E-state index >= 15 is 0 Å². The zero-order valence-corrected chi connectivity index (χ0v) is 9.28.